The van der Waals surface area contributed by atoms with Crippen LogP contribution in [0.15, 0.2) is 16.6 Å². The first-order valence-corrected chi connectivity index (χ1v) is 7.91. The molecule has 0 heterocycles. The van der Waals surface area contributed by atoms with Crippen molar-refractivity contribution in [3.8, 4) is 0 Å². The molecule has 0 aliphatic carbocycles. The van der Waals surface area contributed by atoms with E-state index in [4.69, 9.17) is 21.1 Å². The standard InChI is InChI=1S/C15H20BrClFNO3/c1-15(2,3)22-14(20)19(5-6-21-4)9-10-7-13(18)11(16)8-12(10)17/h7-8H,5-6,9H2,1-4H3. The van der Waals surface area contributed by atoms with Crippen molar-refractivity contribution in [2.45, 2.75) is 32.9 Å². The molecule has 0 fully saturated rings. The molecule has 0 aliphatic rings. The second-order valence-electron chi connectivity index (χ2n) is 5.75. The van der Waals surface area contributed by atoms with E-state index in [9.17, 15) is 9.18 Å². The van der Waals surface area contributed by atoms with E-state index in [0.29, 0.717) is 23.7 Å². The van der Waals surface area contributed by atoms with Crippen molar-refractivity contribution in [1.29, 1.82) is 0 Å². The molecule has 0 spiro atoms. The van der Waals surface area contributed by atoms with Gasteiger partial charge in [0.1, 0.15) is 11.4 Å². The van der Waals surface area contributed by atoms with Gasteiger partial charge < -0.3 is 14.4 Å². The normalized spacial score (nSPS) is 11.4. The SMILES string of the molecule is COCCN(Cc1cc(F)c(Br)cc1Cl)C(=O)OC(C)(C)C. The second kappa shape index (κ2) is 8.13. The van der Waals surface area contributed by atoms with Crippen LogP contribution < -0.4 is 0 Å². The molecular weight excluding hydrogens is 377 g/mol. The van der Waals surface area contributed by atoms with Crippen LogP contribution in [-0.2, 0) is 16.0 Å². The van der Waals surface area contributed by atoms with E-state index in [1.807, 2.05) is 0 Å². The van der Waals surface area contributed by atoms with Gasteiger partial charge in [-0.05, 0) is 54.4 Å². The largest absolute Gasteiger partial charge is 0.444 e. The monoisotopic (exact) mass is 395 g/mol. The number of nitrogens with zero attached hydrogens (tertiary/aromatic N) is 1. The smallest absolute Gasteiger partial charge is 0.410 e. The molecular formula is C15H20BrClFNO3. The minimum Gasteiger partial charge on any atom is -0.444 e. The van der Waals surface area contributed by atoms with Crippen molar-refractivity contribution in [2.24, 2.45) is 0 Å². The first-order chi connectivity index (χ1) is 10.1. The summed E-state index contributed by atoms with van der Waals surface area (Å²) in [6.45, 7) is 6.15. The zero-order valence-electron chi connectivity index (χ0n) is 13.1. The summed E-state index contributed by atoms with van der Waals surface area (Å²) >= 11 is 9.18. The summed E-state index contributed by atoms with van der Waals surface area (Å²) in [7, 11) is 1.54. The van der Waals surface area contributed by atoms with Gasteiger partial charge in [0.05, 0.1) is 17.6 Å². The molecule has 0 aliphatic heterocycles. The van der Waals surface area contributed by atoms with Crippen molar-refractivity contribution < 1.29 is 18.7 Å². The fraction of sp³-hybridized carbons (Fsp3) is 0.533. The number of carbonyl (C=O) groups excluding carboxylic acids is 1. The van der Waals surface area contributed by atoms with Gasteiger partial charge in [-0.1, -0.05) is 11.6 Å². The van der Waals surface area contributed by atoms with E-state index >= 15 is 0 Å². The Balaban J connectivity index is 2.94. The lowest BCUT2D eigenvalue weighted by Crippen LogP contribution is -2.38. The maximum Gasteiger partial charge on any atom is 0.410 e. The van der Waals surface area contributed by atoms with Crippen LogP contribution in [0.3, 0.4) is 0 Å². The number of carbonyl (C=O) groups is 1. The zero-order chi connectivity index (χ0) is 16.9. The Labute approximate surface area is 143 Å². The van der Waals surface area contributed by atoms with Crippen molar-refractivity contribution in [1.82, 2.24) is 4.90 Å². The Morgan fingerprint density at radius 1 is 1.41 bits per heavy atom. The number of hydrogen-bond donors (Lipinski definition) is 0. The third-order valence-corrected chi connectivity index (χ3v) is 3.63. The van der Waals surface area contributed by atoms with Crippen molar-refractivity contribution >= 4 is 33.6 Å². The Kier molecular flexibility index (Phi) is 7.09. The van der Waals surface area contributed by atoms with E-state index in [2.05, 4.69) is 15.9 Å². The van der Waals surface area contributed by atoms with Crippen LogP contribution >= 0.6 is 27.5 Å². The fourth-order valence-corrected chi connectivity index (χ4v) is 2.35. The van der Waals surface area contributed by atoms with E-state index in [-0.39, 0.29) is 11.0 Å². The highest BCUT2D eigenvalue weighted by molar-refractivity contribution is 9.10. The van der Waals surface area contributed by atoms with Gasteiger partial charge in [0, 0.05) is 18.7 Å². The summed E-state index contributed by atoms with van der Waals surface area (Å²) in [5.41, 5.74) is -0.110. The quantitative estimate of drug-likeness (QED) is 0.681. The Morgan fingerprint density at radius 3 is 2.59 bits per heavy atom. The average molecular weight is 397 g/mol. The van der Waals surface area contributed by atoms with Crippen LogP contribution in [0.25, 0.3) is 0 Å². The average Bonchev–Trinajstić information content (AvgIpc) is 2.38. The van der Waals surface area contributed by atoms with Gasteiger partial charge in [-0.2, -0.15) is 0 Å². The van der Waals surface area contributed by atoms with Crippen molar-refractivity contribution in [3.05, 3.63) is 33.0 Å². The van der Waals surface area contributed by atoms with E-state index in [0.717, 1.165) is 0 Å². The Hall–Kier alpha value is -0.850. The highest BCUT2D eigenvalue weighted by atomic mass is 79.9. The Morgan fingerprint density at radius 2 is 2.05 bits per heavy atom. The maximum absolute atomic E-state index is 13.7. The van der Waals surface area contributed by atoms with E-state index in [1.165, 1.54) is 17.0 Å². The zero-order valence-corrected chi connectivity index (χ0v) is 15.4. The van der Waals surface area contributed by atoms with Gasteiger partial charge in [-0.3, -0.25) is 0 Å². The number of hydrogen-bond acceptors (Lipinski definition) is 3. The number of amides is 1. The summed E-state index contributed by atoms with van der Waals surface area (Å²) in [5.74, 6) is -0.435. The molecule has 7 heteroatoms. The lowest BCUT2D eigenvalue weighted by atomic mass is 10.2. The molecule has 1 aromatic rings. The van der Waals surface area contributed by atoms with Crippen LogP contribution in [0.1, 0.15) is 26.3 Å². The summed E-state index contributed by atoms with van der Waals surface area (Å²) in [6.07, 6.45) is -0.496. The molecule has 0 saturated heterocycles. The summed E-state index contributed by atoms with van der Waals surface area (Å²) in [5, 5.41) is 0.374. The molecule has 0 radical (unpaired) electrons. The summed E-state index contributed by atoms with van der Waals surface area (Å²) < 4.78 is 24.3. The fourth-order valence-electron chi connectivity index (χ4n) is 1.65. The molecule has 0 aromatic heterocycles. The lowest BCUT2D eigenvalue weighted by Gasteiger charge is -2.27. The lowest BCUT2D eigenvalue weighted by molar-refractivity contribution is 0.0184. The highest BCUT2D eigenvalue weighted by Gasteiger charge is 2.23. The minimum atomic E-state index is -0.614. The number of benzene rings is 1. The molecule has 22 heavy (non-hydrogen) atoms. The first kappa shape index (κ1) is 19.2. The third-order valence-electron chi connectivity index (χ3n) is 2.67. The predicted octanol–water partition coefficient (Wildman–Crippen LogP) is 4.63. The van der Waals surface area contributed by atoms with Crippen LogP contribution in [0.5, 0.6) is 0 Å². The van der Waals surface area contributed by atoms with Gasteiger partial charge in [0.25, 0.3) is 0 Å². The van der Waals surface area contributed by atoms with Gasteiger partial charge in [0.15, 0.2) is 0 Å². The number of halogens is 3. The van der Waals surface area contributed by atoms with Crippen LogP contribution in [0, 0.1) is 5.82 Å². The molecule has 0 unspecified atom stereocenters. The van der Waals surface area contributed by atoms with Crippen molar-refractivity contribution in [2.75, 3.05) is 20.3 Å². The molecule has 0 bridgehead atoms. The highest BCUT2D eigenvalue weighted by Crippen LogP contribution is 2.26. The minimum absolute atomic E-state index is 0.140. The Bertz CT molecular complexity index is 534. The van der Waals surface area contributed by atoms with Crippen molar-refractivity contribution in [3.63, 3.8) is 0 Å². The molecule has 0 saturated carbocycles. The molecule has 4 nitrogen and oxygen atoms in total. The number of methoxy groups -OCH3 is 1. The molecule has 0 N–H and O–H groups in total. The van der Waals surface area contributed by atoms with Crippen LogP contribution in [-0.4, -0.2) is 36.9 Å². The van der Waals surface area contributed by atoms with Gasteiger partial charge >= 0.3 is 6.09 Å². The summed E-state index contributed by atoms with van der Waals surface area (Å²) in [6, 6.07) is 2.77. The molecule has 1 aromatic carbocycles. The van der Waals surface area contributed by atoms with E-state index in [1.54, 1.807) is 27.9 Å². The topological polar surface area (TPSA) is 38.8 Å². The van der Waals surface area contributed by atoms with Crippen LogP contribution in [0.4, 0.5) is 9.18 Å². The predicted molar refractivity (Wildman–Crippen MR) is 87.6 cm³/mol. The molecule has 1 amide bonds. The number of ether oxygens (including phenoxy) is 2. The van der Waals surface area contributed by atoms with E-state index < -0.39 is 17.5 Å². The molecule has 0 atom stereocenters. The van der Waals surface area contributed by atoms with Gasteiger partial charge in [-0.25, -0.2) is 9.18 Å². The summed E-state index contributed by atoms with van der Waals surface area (Å²) in [4.78, 5) is 13.7. The van der Waals surface area contributed by atoms with Crippen LogP contribution in [0.2, 0.25) is 5.02 Å². The van der Waals surface area contributed by atoms with Gasteiger partial charge in [-0.15, -0.1) is 0 Å². The molecule has 1 rings (SSSR count). The van der Waals surface area contributed by atoms with Gasteiger partial charge in [0.2, 0.25) is 0 Å². The molecule has 124 valence electrons. The number of rotatable bonds is 5. The second-order valence-corrected chi connectivity index (χ2v) is 7.01. The maximum atomic E-state index is 13.7. The first-order valence-electron chi connectivity index (χ1n) is 6.74. The third kappa shape index (κ3) is 6.10.